The van der Waals surface area contributed by atoms with Gasteiger partial charge in [0.1, 0.15) is 6.33 Å². The van der Waals surface area contributed by atoms with Gasteiger partial charge in [-0.25, -0.2) is 4.98 Å². The van der Waals surface area contributed by atoms with Gasteiger partial charge in [-0.15, -0.1) is 5.10 Å². The van der Waals surface area contributed by atoms with Crippen molar-refractivity contribution in [1.29, 1.82) is 0 Å². The van der Waals surface area contributed by atoms with E-state index in [9.17, 15) is 0 Å². The average molecular weight is 200 g/mol. The van der Waals surface area contributed by atoms with Crippen LogP contribution >= 0.6 is 0 Å². The quantitative estimate of drug-likeness (QED) is 0.792. The number of benzene rings is 1. The van der Waals surface area contributed by atoms with Crippen molar-refractivity contribution in [3.63, 3.8) is 0 Å². The molecule has 4 nitrogen and oxygen atoms in total. The third-order valence-corrected chi connectivity index (χ3v) is 2.92. The molecule has 1 unspecified atom stereocenters. The summed E-state index contributed by atoms with van der Waals surface area (Å²) in [5, 5.41) is 4.09. The van der Waals surface area contributed by atoms with Crippen molar-refractivity contribution in [3.05, 3.63) is 41.7 Å². The lowest BCUT2D eigenvalue weighted by Crippen LogP contribution is -2.22. The molecule has 1 heterocycles. The maximum Gasteiger partial charge on any atom is 0.239 e. The lowest BCUT2D eigenvalue weighted by Gasteiger charge is -2.29. The maximum absolute atomic E-state index is 5.47. The van der Waals surface area contributed by atoms with E-state index in [0.717, 1.165) is 13.0 Å². The number of nitrogens with zero attached hydrogens (tertiary/aromatic N) is 3. The smallest absolute Gasteiger partial charge is 0.239 e. The van der Waals surface area contributed by atoms with E-state index in [1.165, 1.54) is 11.1 Å². The fourth-order valence-electron chi connectivity index (χ4n) is 2.15. The van der Waals surface area contributed by atoms with Crippen molar-refractivity contribution < 1.29 is 0 Å². The Morgan fingerprint density at radius 3 is 3.00 bits per heavy atom. The molecule has 1 aromatic carbocycles. The molecule has 1 aliphatic rings. The average Bonchev–Trinajstić information content (AvgIpc) is 2.61. The van der Waals surface area contributed by atoms with Crippen molar-refractivity contribution in [3.8, 4) is 0 Å². The van der Waals surface area contributed by atoms with Gasteiger partial charge in [-0.1, -0.05) is 24.3 Å². The largest absolute Gasteiger partial charge is 0.367 e. The first kappa shape index (κ1) is 8.47. The molecule has 1 atom stereocenters. The molecule has 0 spiro atoms. The number of aromatic nitrogens is 3. The van der Waals surface area contributed by atoms with Crippen molar-refractivity contribution >= 4 is 5.95 Å². The topological polar surface area (TPSA) is 56.7 Å². The second-order valence-corrected chi connectivity index (χ2v) is 3.92. The highest BCUT2D eigenvalue weighted by atomic mass is 15.4. The van der Waals surface area contributed by atoms with Gasteiger partial charge >= 0.3 is 0 Å². The first-order valence-corrected chi connectivity index (χ1v) is 5.05. The van der Waals surface area contributed by atoms with Crippen molar-refractivity contribution in [1.82, 2.24) is 14.8 Å². The molecule has 4 heteroatoms. The number of nitrogen functional groups attached to an aromatic ring is 1. The van der Waals surface area contributed by atoms with Crippen LogP contribution in [-0.4, -0.2) is 14.8 Å². The number of anilines is 1. The number of fused-ring (bicyclic) bond motifs is 1. The molecular formula is C11H12N4. The third-order valence-electron chi connectivity index (χ3n) is 2.92. The van der Waals surface area contributed by atoms with Gasteiger partial charge in [0.25, 0.3) is 0 Å². The summed E-state index contributed by atoms with van der Waals surface area (Å²) in [6.07, 6.45) is 2.83. The minimum atomic E-state index is 0.350. The number of rotatable bonds is 2. The van der Waals surface area contributed by atoms with Crippen molar-refractivity contribution in [2.75, 3.05) is 5.73 Å². The van der Waals surface area contributed by atoms with Crippen LogP contribution < -0.4 is 5.73 Å². The van der Waals surface area contributed by atoms with Gasteiger partial charge in [0.15, 0.2) is 0 Å². The Morgan fingerprint density at radius 1 is 1.40 bits per heavy atom. The van der Waals surface area contributed by atoms with Crippen LogP contribution in [0.5, 0.6) is 0 Å². The van der Waals surface area contributed by atoms with Gasteiger partial charge in [-0.3, -0.25) is 4.68 Å². The molecule has 76 valence electrons. The van der Waals surface area contributed by atoms with Gasteiger partial charge in [0.2, 0.25) is 5.95 Å². The number of hydrogen-bond acceptors (Lipinski definition) is 3. The normalized spacial score (nSPS) is 18.3. The Bertz CT molecular complexity index is 489. The first-order valence-electron chi connectivity index (χ1n) is 5.05. The Hall–Kier alpha value is -1.84. The van der Waals surface area contributed by atoms with Crippen molar-refractivity contribution in [2.24, 2.45) is 0 Å². The Kier molecular flexibility index (Phi) is 1.74. The third kappa shape index (κ3) is 1.38. The summed E-state index contributed by atoms with van der Waals surface area (Å²) in [5.74, 6) is 0.921. The second kappa shape index (κ2) is 3.08. The zero-order valence-corrected chi connectivity index (χ0v) is 8.30. The minimum absolute atomic E-state index is 0.350. The van der Waals surface area contributed by atoms with E-state index < -0.39 is 0 Å². The van der Waals surface area contributed by atoms with Crippen LogP contribution in [0.15, 0.2) is 30.6 Å². The van der Waals surface area contributed by atoms with Crippen LogP contribution in [0.2, 0.25) is 0 Å². The molecule has 1 aliphatic carbocycles. The van der Waals surface area contributed by atoms with E-state index in [2.05, 4.69) is 34.3 Å². The van der Waals surface area contributed by atoms with E-state index in [0.29, 0.717) is 11.9 Å². The molecule has 2 aromatic rings. The van der Waals surface area contributed by atoms with Gasteiger partial charge in [0.05, 0.1) is 0 Å². The fourth-order valence-corrected chi connectivity index (χ4v) is 2.15. The molecule has 0 bridgehead atoms. The second-order valence-electron chi connectivity index (χ2n) is 3.92. The van der Waals surface area contributed by atoms with Crippen molar-refractivity contribution in [2.45, 2.75) is 18.9 Å². The summed E-state index contributed by atoms with van der Waals surface area (Å²) in [6, 6.07) is 8.54. The molecule has 0 saturated carbocycles. The molecule has 0 aliphatic heterocycles. The SMILES string of the molecule is Nc1ncn(CC2Cc3ccccc32)n1. The molecule has 0 fully saturated rings. The van der Waals surface area contributed by atoms with Crippen LogP contribution in [0, 0.1) is 0 Å². The molecule has 0 amide bonds. The summed E-state index contributed by atoms with van der Waals surface area (Å²) in [5.41, 5.74) is 8.36. The number of nitrogens with two attached hydrogens (primary N) is 1. The molecule has 3 rings (SSSR count). The monoisotopic (exact) mass is 200 g/mol. The summed E-state index contributed by atoms with van der Waals surface area (Å²) < 4.78 is 1.82. The lowest BCUT2D eigenvalue weighted by molar-refractivity contribution is 0.475. The minimum Gasteiger partial charge on any atom is -0.367 e. The zero-order valence-electron chi connectivity index (χ0n) is 8.30. The van der Waals surface area contributed by atoms with E-state index in [-0.39, 0.29) is 0 Å². The number of hydrogen-bond donors (Lipinski definition) is 1. The molecule has 1 aromatic heterocycles. The van der Waals surface area contributed by atoms with Gasteiger partial charge in [-0.05, 0) is 17.5 Å². The Labute approximate surface area is 87.7 Å². The van der Waals surface area contributed by atoms with E-state index in [4.69, 9.17) is 5.73 Å². The molecule has 0 saturated heterocycles. The van der Waals surface area contributed by atoms with Crippen LogP contribution in [0.4, 0.5) is 5.95 Å². The van der Waals surface area contributed by atoms with E-state index in [1.54, 1.807) is 6.33 Å². The van der Waals surface area contributed by atoms with Crippen LogP contribution in [0.3, 0.4) is 0 Å². The van der Waals surface area contributed by atoms with Crippen LogP contribution in [0.25, 0.3) is 0 Å². The van der Waals surface area contributed by atoms with E-state index in [1.807, 2.05) is 4.68 Å². The zero-order chi connectivity index (χ0) is 10.3. The molecule has 0 radical (unpaired) electrons. The predicted molar refractivity (Wildman–Crippen MR) is 57.3 cm³/mol. The van der Waals surface area contributed by atoms with Gasteiger partial charge in [-0.2, -0.15) is 0 Å². The summed E-state index contributed by atoms with van der Waals surface area (Å²) in [6.45, 7) is 0.876. The highest BCUT2D eigenvalue weighted by Crippen LogP contribution is 2.35. The highest BCUT2D eigenvalue weighted by molar-refractivity contribution is 5.39. The fraction of sp³-hybridized carbons (Fsp3) is 0.273. The molecule has 2 N–H and O–H groups in total. The van der Waals surface area contributed by atoms with Crippen LogP contribution in [-0.2, 0) is 13.0 Å². The summed E-state index contributed by atoms with van der Waals surface area (Å²) >= 11 is 0. The summed E-state index contributed by atoms with van der Waals surface area (Å²) in [7, 11) is 0. The van der Waals surface area contributed by atoms with Crippen LogP contribution in [0.1, 0.15) is 17.0 Å². The predicted octanol–water partition coefficient (Wildman–Crippen LogP) is 1.20. The first-order chi connectivity index (χ1) is 7.33. The van der Waals surface area contributed by atoms with E-state index >= 15 is 0 Å². The molecular weight excluding hydrogens is 188 g/mol. The summed E-state index contributed by atoms with van der Waals surface area (Å²) in [4.78, 5) is 3.91. The van der Waals surface area contributed by atoms with Gasteiger partial charge in [0, 0.05) is 12.5 Å². The van der Waals surface area contributed by atoms with Gasteiger partial charge < -0.3 is 5.73 Å². The standard InChI is InChI=1S/C11H12N4/c12-11-13-7-15(14-11)6-9-5-8-3-1-2-4-10(8)9/h1-4,7,9H,5-6H2,(H2,12,14). The Balaban J connectivity index is 1.78. The highest BCUT2D eigenvalue weighted by Gasteiger charge is 2.25. The maximum atomic E-state index is 5.47. The molecule has 15 heavy (non-hydrogen) atoms. The Morgan fingerprint density at radius 2 is 2.27 bits per heavy atom. The lowest BCUT2D eigenvalue weighted by atomic mass is 9.78.